The van der Waals surface area contributed by atoms with E-state index in [-0.39, 0.29) is 11.7 Å². The van der Waals surface area contributed by atoms with E-state index in [4.69, 9.17) is 9.72 Å². The molecule has 0 bridgehead atoms. The Labute approximate surface area is 171 Å². The van der Waals surface area contributed by atoms with Crippen LogP contribution in [0.15, 0.2) is 58.2 Å². The van der Waals surface area contributed by atoms with Crippen molar-refractivity contribution in [1.29, 1.82) is 0 Å². The summed E-state index contributed by atoms with van der Waals surface area (Å²) in [5.74, 6) is 0.617. The number of nitrogens with zero attached hydrogens (tertiary/aromatic N) is 5. The van der Waals surface area contributed by atoms with Gasteiger partial charge in [-0.25, -0.2) is 15.0 Å². The molecule has 28 heavy (non-hydrogen) atoms. The number of ether oxygens (including phenoxy) is 1. The maximum atomic E-state index is 12.6. The van der Waals surface area contributed by atoms with Crippen molar-refractivity contribution in [1.82, 2.24) is 19.5 Å². The van der Waals surface area contributed by atoms with Gasteiger partial charge in [-0.2, -0.15) is 0 Å². The summed E-state index contributed by atoms with van der Waals surface area (Å²) in [5.41, 5.74) is 2.15. The highest BCUT2D eigenvalue weighted by molar-refractivity contribution is 9.10. The molecule has 3 aromatic rings. The monoisotopic (exact) mass is 441 g/mol. The first-order valence-electron chi connectivity index (χ1n) is 9.08. The number of rotatable bonds is 3. The maximum Gasteiger partial charge on any atom is 0.255 e. The molecule has 1 aromatic carbocycles. The lowest BCUT2D eigenvalue weighted by atomic mass is 10.1. The summed E-state index contributed by atoms with van der Waals surface area (Å²) in [6.07, 6.45) is 3.86. The van der Waals surface area contributed by atoms with Crippen molar-refractivity contribution in [3.05, 3.63) is 69.3 Å². The molecule has 7 nitrogen and oxygen atoms in total. The molecule has 1 atom stereocenters. The minimum absolute atomic E-state index is 0.0976. The summed E-state index contributed by atoms with van der Waals surface area (Å²) in [4.78, 5) is 27.6. The second-order valence-corrected chi connectivity index (χ2v) is 7.56. The average molecular weight is 442 g/mol. The van der Waals surface area contributed by atoms with Crippen LogP contribution in [-0.2, 0) is 11.8 Å². The molecule has 1 aliphatic heterocycles. The molecule has 4 rings (SSSR count). The molecule has 0 saturated carbocycles. The van der Waals surface area contributed by atoms with Crippen LogP contribution >= 0.6 is 15.9 Å². The molecule has 8 heteroatoms. The van der Waals surface area contributed by atoms with Gasteiger partial charge in [-0.1, -0.05) is 28.1 Å². The van der Waals surface area contributed by atoms with Crippen LogP contribution in [0, 0.1) is 0 Å². The Morgan fingerprint density at radius 3 is 2.89 bits per heavy atom. The number of anilines is 1. The smallest absolute Gasteiger partial charge is 0.255 e. The molecule has 0 amide bonds. The Morgan fingerprint density at radius 1 is 1.21 bits per heavy atom. The zero-order valence-electron chi connectivity index (χ0n) is 15.5. The SMILES string of the molecule is Cn1c(N2CCCO[C@H](c3cccc(Br)c3)C2)nc(-c2ccncn2)cc1=O. The molecule has 0 unspecified atom stereocenters. The topological polar surface area (TPSA) is 73.1 Å². The third-order valence-corrected chi connectivity index (χ3v) is 5.23. The van der Waals surface area contributed by atoms with E-state index < -0.39 is 0 Å². The Hall–Kier alpha value is -2.58. The van der Waals surface area contributed by atoms with Gasteiger partial charge in [-0.05, 0) is 30.2 Å². The fraction of sp³-hybridized carbons (Fsp3) is 0.300. The first-order chi connectivity index (χ1) is 13.6. The van der Waals surface area contributed by atoms with Gasteiger partial charge in [0.05, 0.1) is 17.9 Å². The van der Waals surface area contributed by atoms with Gasteiger partial charge in [-0.15, -0.1) is 0 Å². The van der Waals surface area contributed by atoms with Gasteiger partial charge in [0.1, 0.15) is 12.4 Å². The second-order valence-electron chi connectivity index (χ2n) is 6.65. The van der Waals surface area contributed by atoms with Crippen molar-refractivity contribution >= 4 is 21.9 Å². The van der Waals surface area contributed by atoms with E-state index in [9.17, 15) is 4.79 Å². The van der Waals surface area contributed by atoms with Gasteiger partial charge in [0.25, 0.3) is 5.56 Å². The van der Waals surface area contributed by atoms with Gasteiger partial charge in [0.2, 0.25) is 5.95 Å². The van der Waals surface area contributed by atoms with Crippen molar-refractivity contribution in [2.75, 3.05) is 24.6 Å². The average Bonchev–Trinajstić information content (AvgIpc) is 2.97. The maximum absolute atomic E-state index is 12.6. The molecule has 0 spiro atoms. The van der Waals surface area contributed by atoms with Gasteiger partial charge in [0, 0.05) is 36.9 Å². The number of benzene rings is 1. The summed E-state index contributed by atoms with van der Waals surface area (Å²) in [6.45, 7) is 2.04. The van der Waals surface area contributed by atoms with E-state index in [1.54, 1.807) is 23.9 Å². The Morgan fingerprint density at radius 2 is 2.11 bits per heavy atom. The summed E-state index contributed by atoms with van der Waals surface area (Å²) >= 11 is 3.53. The van der Waals surface area contributed by atoms with Crippen molar-refractivity contribution < 1.29 is 4.74 Å². The Kier molecular flexibility index (Phi) is 5.50. The molecule has 0 radical (unpaired) electrons. The summed E-state index contributed by atoms with van der Waals surface area (Å²) in [6, 6.07) is 11.4. The summed E-state index contributed by atoms with van der Waals surface area (Å²) in [5, 5.41) is 0. The van der Waals surface area contributed by atoms with Gasteiger partial charge in [0.15, 0.2) is 0 Å². The summed E-state index contributed by atoms with van der Waals surface area (Å²) in [7, 11) is 1.74. The first-order valence-corrected chi connectivity index (χ1v) is 9.87. The van der Waals surface area contributed by atoms with Crippen LogP contribution in [0.5, 0.6) is 0 Å². The van der Waals surface area contributed by atoms with Crippen LogP contribution < -0.4 is 10.5 Å². The largest absolute Gasteiger partial charge is 0.372 e. The van der Waals surface area contributed by atoms with Crippen LogP contribution in [0.3, 0.4) is 0 Å². The third kappa shape index (κ3) is 3.98. The predicted molar refractivity (Wildman–Crippen MR) is 110 cm³/mol. The predicted octanol–water partition coefficient (Wildman–Crippen LogP) is 2.97. The molecule has 2 aromatic heterocycles. The molecular weight excluding hydrogens is 422 g/mol. The molecule has 3 heterocycles. The van der Waals surface area contributed by atoms with Crippen molar-refractivity contribution in [2.45, 2.75) is 12.5 Å². The van der Waals surface area contributed by atoms with Gasteiger partial charge >= 0.3 is 0 Å². The van der Waals surface area contributed by atoms with Crippen LogP contribution in [0.4, 0.5) is 5.95 Å². The van der Waals surface area contributed by atoms with Crippen LogP contribution in [-0.4, -0.2) is 39.2 Å². The zero-order chi connectivity index (χ0) is 19.5. The molecule has 0 aliphatic carbocycles. The lowest BCUT2D eigenvalue weighted by molar-refractivity contribution is 0.0685. The van der Waals surface area contributed by atoms with E-state index >= 15 is 0 Å². The van der Waals surface area contributed by atoms with Crippen LogP contribution in [0.2, 0.25) is 0 Å². The zero-order valence-corrected chi connectivity index (χ0v) is 17.0. The number of hydrogen-bond donors (Lipinski definition) is 0. The highest BCUT2D eigenvalue weighted by atomic mass is 79.9. The first kappa shape index (κ1) is 18.8. The lowest BCUT2D eigenvalue weighted by Gasteiger charge is -2.26. The van der Waals surface area contributed by atoms with E-state index in [0.717, 1.165) is 23.0 Å². The fourth-order valence-corrected chi connectivity index (χ4v) is 3.72. The quantitative estimate of drug-likeness (QED) is 0.621. The minimum Gasteiger partial charge on any atom is -0.372 e. The normalized spacial score (nSPS) is 17.4. The lowest BCUT2D eigenvalue weighted by Crippen LogP contribution is -2.34. The molecule has 0 N–H and O–H groups in total. The highest BCUT2D eigenvalue weighted by Gasteiger charge is 2.24. The third-order valence-electron chi connectivity index (χ3n) is 4.74. The van der Waals surface area contributed by atoms with Crippen molar-refractivity contribution in [2.24, 2.45) is 7.05 Å². The Balaban J connectivity index is 1.70. The fourth-order valence-electron chi connectivity index (χ4n) is 3.30. The minimum atomic E-state index is -0.122. The van der Waals surface area contributed by atoms with Crippen LogP contribution in [0.25, 0.3) is 11.4 Å². The molecule has 1 fully saturated rings. The van der Waals surface area contributed by atoms with E-state index in [1.807, 2.05) is 12.1 Å². The summed E-state index contributed by atoms with van der Waals surface area (Å²) < 4.78 is 8.67. The van der Waals surface area contributed by atoms with E-state index in [1.165, 1.54) is 12.4 Å². The molecular formula is C20H20BrN5O2. The van der Waals surface area contributed by atoms with Gasteiger partial charge < -0.3 is 9.64 Å². The number of hydrogen-bond acceptors (Lipinski definition) is 6. The molecule has 1 saturated heterocycles. The van der Waals surface area contributed by atoms with E-state index in [2.05, 4.69) is 42.9 Å². The number of halogens is 1. The van der Waals surface area contributed by atoms with Gasteiger partial charge in [-0.3, -0.25) is 9.36 Å². The van der Waals surface area contributed by atoms with Crippen molar-refractivity contribution in [3.63, 3.8) is 0 Å². The van der Waals surface area contributed by atoms with Crippen LogP contribution in [0.1, 0.15) is 18.1 Å². The van der Waals surface area contributed by atoms with E-state index in [0.29, 0.717) is 30.5 Å². The molecule has 144 valence electrons. The second kappa shape index (κ2) is 8.20. The van der Waals surface area contributed by atoms with Crippen molar-refractivity contribution in [3.8, 4) is 11.4 Å². The highest BCUT2D eigenvalue weighted by Crippen LogP contribution is 2.27. The standard InChI is InChI=1S/C20H20BrN5O2/c1-25-19(27)11-17(16-6-7-22-13-23-16)24-20(25)26-8-3-9-28-18(12-26)14-4-2-5-15(21)10-14/h2,4-7,10-11,13,18H,3,8-9,12H2,1H3/t18-/m0/s1. The number of aromatic nitrogens is 4. The molecule has 1 aliphatic rings. The Bertz CT molecular complexity index is 1020.